The Morgan fingerprint density at radius 2 is 2.00 bits per heavy atom. The molecule has 0 saturated carbocycles. The third kappa shape index (κ3) is 5.10. The van der Waals surface area contributed by atoms with Gasteiger partial charge < -0.3 is 14.9 Å². The molecule has 1 N–H and O–H groups in total. The van der Waals surface area contributed by atoms with E-state index in [-0.39, 0.29) is 23.0 Å². The average molecular weight is 402 g/mol. The Bertz CT molecular complexity index is 857. The molecule has 1 heterocycles. The molecule has 2 aromatic rings. The van der Waals surface area contributed by atoms with Gasteiger partial charge in [-0.1, -0.05) is 28.9 Å². The number of methoxy groups -OCH3 is 1. The van der Waals surface area contributed by atoms with Crippen LogP contribution in [-0.2, 0) is 11.0 Å². The first kappa shape index (κ1) is 20.5. The summed E-state index contributed by atoms with van der Waals surface area (Å²) in [7, 11) is 2.72. The summed E-state index contributed by atoms with van der Waals surface area (Å²) in [4.78, 5) is 21.0. The number of halogens is 4. The van der Waals surface area contributed by atoms with Crippen LogP contribution in [0.4, 0.5) is 13.2 Å². The summed E-state index contributed by atoms with van der Waals surface area (Å²) in [5.74, 6) is -0.514. The Hall–Kier alpha value is -2.81. The molecule has 0 aliphatic heterocycles. The van der Waals surface area contributed by atoms with Crippen molar-refractivity contribution in [1.82, 2.24) is 10.3 Å². The molecule has 0 bridgehead atoms. The van der Waals surface area contributed by atoms with Crippen LogP contribution in [0.5, 0.6) is 5.75 Å². The van der Waals surface area contributed by atoms with E-state index in [1.807, 2.05) is 0 Å². The van der Waals surface area contributed by atoms with Gasteiger partial charge in [0.2, 0.25) is 0 Å². The van der Waals surface area contributed by atoms with Crippen molar-refractivity contribution < 1.29 is 27.5 Å². The molecule has 144 valence electrons. The number of ether oxygens (including phenoxy) is 1. The lowest BCUT2D eigenvalue weighted by molar-refractivity contribution is -0.137. The quantitative estimate of drug-likeness (QED) is 0.593. The van der Waals surface area contributed by atoms with Crippen molar-refractivity contribution in [3.63, 3.8) is 0 Å². The Morgan fingerprint density at radius 3 is 2.59 bits per heavy atom. The molecular weight excluding hydrogens is 387 g/mol. The van der Waals surface area contributed by atoms with Gasteiger partial charge in [0.25, 0.3) is 5.91 Å². The monoisotopic (exact) mass is 401 g/mol. The molecule has 0 saturated heterocycles. The molecule has 1 aromatic heterocycles. The van der Waals surface area contributed by atoms with Crippen LogP contribution in [0.3, 0.4) is 0 Å². The van der Waals surface area contributed by atoms with Gasteiger partial charge in [0, 0.05) is 6.07 Å². The zero-order chi connectivity index (χ0) is 20.0. The van der Waals surface area contributed by atoms with E-state index in [0.29, 0.717) is 5.75 Å². The van der Waals surface area contributed by atoms with Gasteiger partial charge >= 0.3 is 6.18 Å². The van der Waals surface area contributed by atoms with Crippen LogP contribution in [0.1, 0.15) is 21.6 Å². The fourth-order valence-corrected chi connectivity index (χ4v) is 2.47. The van der Waals surface area contributed by atoms with E-state index in [1.165, 1.54) is 38.6 Å². The van der Waals surface area contributed by atoms with Crippen LogP contribution in [-0.4, -0.2) is 37.4 Å². The summed E-state index contributed by atoms with van der Waals surface area (Å²) >= 11 is 6.12. The highest BCUT2D eigenvalue weighted by Gasteiger charge is 2.34. The number of pyridine rings is 1. The maximum atomic E-state index is 13.1. The molecule has 0 aliphatic rings. The van der Waals surface area contributed by atoms with E-state index >= 15 is 0 Å². The molecule has 0 unspecified atom stereocenters. The molecule has 0 fully saturated rings. The number of alkyl halides is 3. The number of benzene rings is 1. The van der Waals surface area contributed by atoms with E-state index in [4.69, 9.17) is 21.2 Å². The van der Waals surface area contributed by atoms with Gasteiger partial charge in [0.05, 0.1) is 36.0 Å². The maximum Gasteiger partial charge on any atom is 0.417 e. The average Bonchev–Trinajstić information content (AvgIpc) is 2.64. The van der Waals surface area contributed by atoms with Crippen LogP contribution in [0.15, 0.2) is 41.7 Å². The molecule has 2 rings (SSSR count). The molecule has 0 atom stereocenters. The lowest BCUT2D eigenvalue weighted by atomic mass is 10.1. The third-order valence-electron chi connectivity index (χ3n) is 3.42. The van der Waals surface area contributed by atoms with Gasteiger partial charge in [0.1, 0.15) is 24.3 Å². The predicted octanol–water partition coefficient (Wildman–Crippen LogP) is 3.54. The standard InChI is InChI=1S/C17H15ClF3N3O3/c1-26-10-7-13(18)15(22-8-10)14(24-27-2)9-23-16(25)11-5-3-4-6-12(11)17(19,20)21/h3-8H,9H2,1-2H3,(H,23,25)/b24-14+. The zero-order valence-corrected chi connectivity index (χ0v) is 15.1. The van der Waals surface area contributed by atoms with Crippen LogP contribution in [0.2, 0.25) is 5.02 Å². The smallest absolute Gasteiger partial charge is 0.417 e. The second kappa shape index (κ2) is 8.72. The minimum absolute atomic E-state index is 0.128. The number of hydrogen-bond acceptors (Lipinski definition) is 5. The molecule has 0 aliphatic carbocycles. The van der Waals surface area contributed by atoms with Crippen LogP contribution in [0, 0.1) is 0 Å². The van der Waals surface area contributed by atoms with Crippen molar-refractivity contribution in [3.8, 4) is 5.75 Å². The molecule has 1 aromatic carbocycles. The van der Waals surface area contributed by atoms with Crippen LogP contribution < -0.4 is 10.1 Å². The summed E-state index contributed by atoms with van der Waals surface area (Å²) in [6.45, 7) is -0.252. The summed E-state index contributed by atoms with van der Waals surface area (Å²) in [6, 6.07) is 5.95. The molecule has 27 heavy (non-hydrogen) atoms. The Labute approximate surface area is 157 Å². The third-order valence-corrected chi connectivity index (χ3v) is 3.71. The number of aromatic nitrogens is 1. The highest BCUT2D eigenvalue weighted by molar-refractivity contribution is 6.34. The van der Waals surface area contributed by atoms with Gasteiger partial charge in [-0.3, -0.25) is 4.79 Å². The number of amides is 1. The fourth-order valence-electron chi connectivity index (χ4n) is 2.20. The minimum Gasteiger partial charge on any atom is -0.495 e. The molecule has 10 heteroatoms. The van der Waals surface area contributed by atoms with Crippen molar-refractivity contribution in [2.75, 3.05) is 20.8 Å². The van der Waals surface area contributed by atoms with E-state index in [9.17, 15) is 18.0 Å². The highest BCUT2D eigenvalue weighted by Crippen LogP contribution is 2.31. The zero-order valence-electron chi connectivity index (χ0n) is 14.3. The fraction of sp³-hybridized carbons (Fsp3) is 0.235. The maximum absolute atomic E-state index is 13.1. The van der Waals surface area contributed by atoms with E-state index in [2.05, 4.69) is 15.5 Å². The first-order chi connectivity index (χ1) is 12.8. The van der Waals surface area contributed by atoms with Gasteiger partial charge in [0.15, 0.2) is 0 Å². The van der Waals surface area contributed by atoms with E-state index < -0.39 is 23.2 Å². The number of rotatable bonds is 6. The van der Waals surface area contributed by atoms with Gasteiger partial charge in [-0.05, 0) is 12.1 Å². The van der Waals surface area contributed by atoms with Crippen molar-refractivity contribution in [2.45, 2.75) is 6.18 Å². The Kier molecular flexibility index (Phi) is 6.62. The predicted molar refractivity (Wildman–Crippen MR) is 93.1 cm³/mol. The Balaban J connectivity index is 2.23. The topological polar surface area (TPSA) is 72.8 Å². The van der Waals surface area contributed by atoms with E-state index in [0.717, 1.165) is 12.1 Å². The molecule has 0 spiro atoms. The van der Waals surface area contributed by atoms with Crippen molar-refractivity contribution >= 4 is 23.2 Å². The molecule has 1 amide bonds. The number of carbonyl (C=O) groups excluding carboxylic acids is 1. The summed E-state index contributed by atoms with van der Waals surface area (Å²) < 4.78 is 44.2. The second-order valence-corrected chi connectivity index (χ2v) is 5.56. The van der Waals surface area contributed by atoms with Crippen LogP contribution >= 0.6 is 11.6 Å². The SMILES string of the molecule is CO/N=C(\CNC(=O)c1ccccc1C(F)(F)F)c1ncc(OC)cc1Cl. The molecule has 6 nitrogen and oxygen atoms in total. The lowest BCUT2D eigenvalue weighted by Crippen LogP contribution is -2.32. The first-order valence-corrected chi connectivity index (χ1v) is 7.90. The van der Waals surface area contributed by atoms with Gasteiger partial charge in [-0.15, -0.1) is 0 Å². The number of nitrogens with zero attached hydrogens (tertiary/aromatic N) is 2. The second-order valence-electron chi connectivity index (χ2n) is 5.15. The number of hydrogen-bond donors (Lipinski definition) is 1. The normalized spacial score (nSPS) is 11.9. The lowest BCUT2D eigenvalue weighted by Gasteiger charge is -2.13. The first-order valence-electron chi connectivity index (χ1n) is 7.52. The summed E-state index contributed by atoms with van der Waals surface area (Å²) in [5.41, 5.74) is -1.21. The minimum atomic E-state index is -4.65. The largest absolute Gasteiger partial charge is 0.495 e. The number of carbonyl (C=O) groups is 1. The van der Waals surface area contributed by atoms with Gasteiger partial charge in [-0.2, -0.15) is 13.2 Å². The summed E-state index contributed by atoms with van der Waals surface area (Å²) in [5, 5.41) is 6.29. The Morgan fingerprint density at radius 1 is 1.30 bits per heavy atom. The number of oxime groups is 1. The van der Waals surface area contributed by atoms with Crippen molar-refractivity contribution in [3.05, 3.63) is 58.4 Å². The number of nitrogens with one attached hydrogen (secondary N) is 1. The molecular formula is C17H15ClF3N3O3. The molecule has 0 radical (unpaired) electrons. The van der Waals surface area contributed by atoms with Crippen LogP contribution in [0.25, 0.3) is 0 Å². The highest BCUT2D eigenvalue weighted by atomic mass is 35.5. The van der Waals surface area contributed by atoms with Crippen molar-refractivity contribution in [2.24, 2.45) is 5.16 Å². The van der Waals surface area contributed by atoms with Gasteiger partial charge in [-0.25, -0.2) is 4.98 Å². The summed E-state index contributed by atoms with van der Waals surface area (Å²) in [6.07, 6.45) is -3.27. The van der Waals surface area contributed by atoms with E-state index in [1.54, 1.807) is 0 Å². The van der Waals surface area contributed by atoms with Crippen molar-refractivity contribution in [1.29, 1.82) is 0 Å².